The molecule has 3 rings (SSSR count). The number of allylic oxidation sites excluding steroid dienone is 2. The topological polar surface area (TPSA) is 66.0 Å². The molecule has 0 amide bonds. The van der Waals surface area contributed by atoms with E-state index in [-0.39, 0.29) is 0 Å². The molecule has 0 aliphatic rings. The third-order valence-electron chi connectivity index (χ3n) is 4.40. The van der Waals surface area contributed by atoms with Gasteiger partial charge < -0.3 is 0 Å². The monoisotopic (exact) mass is 650 g/mol. The van der Waals surface area contributed by atoms with Crippen LogP contribution < -0.4 is 9.47 Å². The molecule has 4 nitrogen and oxygen atoms in total. The molecule has 0 N–H and O–H groups in total. The van der Waals surface area contributed by atoms with Crippen molar-refractivity contribution >= 4 is 54.5 Å². The van der Waals surface area contributed by atoms with Gasteiger partial charge in [-0.15, -0.1) is 0 Å². The molecule has 7 heteroatoms. The second-order valence-corrected chi connectivity index (χ2v) is 8.52. The summed E-state index contributed by atoms with van der Waals surface area (Å²) in [4.78, 5) is 0. The Kier molecular flexibility index (Phi) is 8.75. The van der Waals surface area contributed by atoms with Crippen molar-refractivity contribution in [2.45, 2.75) is 0 Å². The Morgan fingerprint density at radius 2 is 1.47 bits per heavy atom. The molecular weight excluding hydrogens is 636 g/mol. The first-order valence-corrected chi connectivity index (χ1v) is 12.8. The normalized spacial score (nSPS) is 11.0. The number of nitrogens with zero attached hydrogens (tertiary/aromatic N) is 2. The standard InChI is InChI=1S/C25H15Cl2N2O2.Tl/c1-17(5-4-14-30-24-8-2-6-22(26)20(24)15-28)18-10-12-19(13-11-18)31-25-9-3-7-23(27)21(25)16-29;/h1-13H,14H2;/b5-4-,17-1?;. The van der Waals surface area contributed by atoms with Crippen molar-refractivity contribution in [1.29, 1.82) is 10.5 Å². The van der Waals surface area contributed by atoms with Gasteiger partial charge in [-0.3, -0.25) is 0 Å². The van der Waals surface area contributed by atoms with Crippen LogP contribution in [0, 0.1) is 22.7 Å². The zero-order valence-electron chi connectivity index (χ0n) is 16.8. The Morgan fingerprint density at radius 3 is 2.06 bits per heavy atom. The Balaban J connectivity index is 1.66. The van der Waals surface area contributed by atoms with Crippen LogP contribution in [0.5, 0.6) is 17.2 Å². The molecule has 0 unspecified atom stereocenters. The Hall–Kier alpha value is -2.78. The van der Waals surface area contributed by atoms with Crippen LogP contribution in [0.25, 0.3) is 5.57 Å². The van der Waals surface area contributed by atoms with Crippen molar-refractivity contribution in [2.75, 3.05) is 6.61 Å². The van der Waals surface area contributed by atoms with E-state index in [1.54, 1.807) is 36.4 Å². The number of benzene rings is 3. The van der Waals surface area contributed by atoms with Crippen LogP contribution >= 0.6 is 23.2 Å². The Labute approximate surface area is 212 Å². The van der Waals surface area contributed by atoms with Crippen molar-refractivity contribution in [3.05, 3.63) is 103 Å². The molecule has 0 saturated heterocycles. The minimum absolute atomic E-state index is 0.307. The molecular formula is C25H15Cl2N2O2Tl. The van der Waals surface area contributed by atoms with E-state index in [0.717, 1.165) is 11.1 Å². The molecule has 32 heavy (non-hydrogen) atoms. The summed E-state index contributed by atoms with van der Waals surface area (Å²) < 4.78 is 13.7. The summed E-state index contributed by atoms with van der Waals surface area (Å²) in [6, 6.07) is 22.0. The molecule has 0 aliphatic heterocycles. The molecule has 0 spiro atoms. The zero-order chi connectivity index (χ0) is 22.9. The average Bonchev–Trinajstić information content (AvgIpc) is 2.80. The second-order valence-electron chi connectivity index (χ2n) is 6.41. The van der Waals surface area contributed by atoms with E-state index >= 15 is 0 Å². The summed E-state index contributed by atoms with van der Waals surface area (Å²) in [7, 11) is 0. The number of ether oxygens (including phenoxy) is 2. The molecule has 3 aromatic rings. The SMILES string of the molecule is N#Cc1c(Cl)cccc1OC/C=C\C(=[CH]/[Tl])c1ccc(Oc2cccc(Cl)c2C#N)cc1. The van der Waals surface area contributed by atoms with Gasteiger partial charge in [0.05, 0.1) is 0 Å². The van der Waals surface area contributed by atoms with Gasteiger partial charge in [0, 0.05) is 0 Å². The third-order valence-corrected chi connectivity index (χ3v) is 6.43. The van der Waals surface area contributed by atoms with Crippen LogP contribution in [-0.4, -0.2) is 32.4 Å². The minimum atomic E-state index is 0.307. The number of rotatable bonds is 7. The van der Waals surface area contributed by atoms with E-state index in [2.05, 4.69) is 15.8 Å². The summed E-state index contributed by atoms with van der Waals surface area (Å²) in [5.74, 6) is 1.49. The summed E-state index contributed by atoms with van der Waals surface area (Å²) in [5.41, 5.74) is 2.74. The van der Waals surface area contributed by atoms with Crippen molar-refractivity contribution in [3.8, 4) is 29.4 Å². The first-order chi connectivity index (χ1) is 15.6. The molecule has 0 heterocycles. The van der Waals surface area contributed by atoms with E-state index in [0.29, 0.717) is 70.8 Å². The molecule has 0 bridgehead atoms. The number of halogens is 2. The van der Waals surface area contributed by atoms with Gasteiger partial charge in [0.1, 0.15) is 0 Å². The van der Waals surface area contributed by atoms with Crippen LogP contribution in [0.3, 0.4) is 0 Å². The quantitative estimate of drug-likeness (QED) is 0.212. The Bertz CT molecular complexity index is 1260. The molecule has 154 valence electrons. The van der Waals surface area contributed by atoms with Gasteiger partial charge >= 0.3 is 214 Å². The number of hydrogen-bond acceptors (Lipinski definition) is 4. The summed E-state index contributed by atoms with van der Waals surface area (Å²) in [6.07, 6.45) is 3.88. The van der Waals surface area contributed by atoms with E-state index < -0.39 is 0 Å². The predicted octanol–water partition coefficient (Wildman–Crippen LogP) is 6.67. The summed E-state index contributed by atoms with van der Waals surface area (Å²) >= 11 is 12.8. The van der Waals surface area contributed by atoms with E-state index in [1.807, 2.05) is 36.4 Å². The van der Waals surface area contributed by atoms with Crippen molar-refractivity contribution in [3.63, 3.8) is 0 Å². The predicted molar refractivity (Wildman–Crippen MR) is 127 cm³/mol. The Morgan fingerprint density at radius 1 is 0.875 bits per heavy atom. The second kappa shape index (κ2) is 11.7. The van der Waals surface area contributed by atoms with Crippen LogP contribution in [0.1, 0.15) is 16.7 Å². The fourth-order valence-corrected chi connectivity index (χ4v) is 4.43. The molecule has 0 atom stereocenters. The van der Waals surface area contributed by atoms with Crippen LogP contribution in [0.2, 0.25) is 10.0 Å². The fourth-order valence-electron chi connectivity index (χ4n) is 2.83. The van der Waals surface area contributed by atoms with Gasteiger partial charge in [-0.2, -0.15) is 0 Å². The average molecular weight is 651 g/mol. The fraction of sp³-hybridized carbons (Fsp3) is 0.0400. The van der Waals surface area contributed by atoms with Crippen LogP contribution in [0.4, 0.5) is 0 Å². The van der Waals surface area contributed by atoms with Crippen molar-refractivity contribution < 1.29 is 9.47 Å². The van der Waals surface area contributed by atoms with Gasteiger partial charge in [0.2, 0.25) is 0 Å². The summed E-state index contributed by atoms with van der Waals surface area (Å²) in [6.45, 7) is 0.309. The zero-order valence-corrected chi connectivity index (χ0v) is 22.8. The van der Waals surface area contributed by atoms with E-state index in [9.17, 15) is 10.5 Å². The van der Waals surface area contributed by atoms with E-state index in [1.165, 1.54) is 0 Å². The van der Waals surface area contributed by atoms with Gasteiger partial charge in [0.25, 0.3) is 0 Å². The van der Waals surface area contributed by atoms with Gasteiger partial charge in [0.15, 0.2) is 0 Å². The molecule has 0 fully saturated rings. The maximum absolute atomic E-state index is 9.29. The number of hydrogen-bond donors (Lipinski definition) is 0. The van der Waals surface area contributed by atoms with Crippen LogP contribution in [0.15, 0.2) is 76.5 Å². The maximum atomic E-state index is 9.29. The summed E-state index contributed by atoms with van der Waals surface area (Å²) in [5, 5.41) is 19.2. The van der Waals surface area contributed by atoms with Crippen LogP contribution in [-0.2, 0) is 0 Å². The molecule has 0 saturated carbocycles. The first kappa shape index (κ1) is 23.9. The molecule has 0 aromatic heterocycles. The third kappa shape index (κ3) is 5.92. The van der Waals surface area contributed by atoms with Gasteiger partial charge in [-0.1, -0.05) is 0 Å². The molecule has 0 radical (unpaired) electrons. The van der Waals surface area contributed by atoms with E-state index in [4.69, 9.17) is 32.7 Å². The first-order valence-electron chi connectivity index (χ1n) is 9.44. The molecule has 3 aromatic carbocycles. The van der Waals surface area contributed by atoms with Crippen molar-refractivity contribution in [2.24, 2.45) is 0 Å². The van der Waals surface area contributed by atoms with Gasteiger partial charge in [-0.25, -0.2) is 0 Å². The van der Waals surface area contributed by atoms with Gasteiger partial charge in [-0.05, 0) is 0 Å². The molecule has 0 aliphatic carbocycles. The van der Waals surface area contributed by atoms with Crippen molar-refractivity contribution in [1.82, 2.24) is 0 Å². The number of nitriles is 2.